The summed E-state index contributed by atoms with van der Waals surface area (Å²) in [7, 11) is 3.11. The number of amides is 1. The number of aryl methyl sites for hydroxylation is 1. The maximum atomic E-state index is 12.6. The molecule has 2 aromatic rings. The van der Waals surface area contributed by atoms with Crippen molar-refractivity contribution in [1.29, 1.82) is 0 Å². The van der Waals surface area contributed by atoms with Crippen LogP contribution in [0.25, 0.3) is 0 Å². The van der Waals surface area contributed by atoms with Gasteiger partial charge in [0, 0.05) is 13.1 Å². The number of rotatable bonds is 2. The average Bonchev–Trinajstić information content (AvgIpc) is 2.55. The highest BCUT2D eigenvalue weighted by Gasteiger charge is 2.24. The van der Waals surface area contributed by atoms with Gasteiger partial charge in [0.25, 0.3) is 5.91 Å². The molecule has 114 valence electrons. The minimum atomic E-state index is -0.350. The van der Waals surface area contributed by atoms with E-state index in [0.29, 0.717) is 13.2 Å². The van der Waals surface area contributed by atoms with Crippen LogP contribution < -0.4 is 10.2 Å². The van der Waals surface area contributed by atoms with Crippen LogP contribution in [0.1, 0.15) is 21.6 Å². The zero-order valence-corrected chi connectivity index (χ0v) is 12.4. The molecule has 1 aliphatic rings. The Morgan fingerprint density at radius 3 is 2.73 bits per heavy atom. The second-order valence-corrected chi connectivity index (χ2v) is 5.09. The van der Waals surface area contributed by atoms with E-state index in [1.807, 2.05) is 24.3 Å². The highest BCUT2D eigenvalue weighted by atomic mass is 16.7. The maximum absolute atomic E-state index is 12.6. The smallest absolute Gasteiger partial charge is 0.294 e. The number of methoxy groups -OCH3 is 1. The first-order valence-electron chi connectivity index (χ1n) is 6.86. The molecule has 1 aromatic carbocycles. The van der Waals surface area contributed by atoms with Gasteiger partial charge in [-0.1, -0.05) is 24.3 Å². The Balaban J connectivity index is 1.90. The van der Waals surface area contributed by atoms with Gasteiger partial charge in [0.15, 0.2) is 5.75 Å². The number of hydroxylamine groups is 2. The van der Waals surface area contributed by atoms with Crippen molar-refractivity contribution in [3.63, 3.8) is 0 Å². The Morgan fingerprint density at radius 1 is 1.27 bits per heavy atom. The minimum absolute atomic E-state index is 0.198. The molecule has 22 heavy (non-hydrogen) atoms. The van der Waals surface area contributed by atoms with Gasteiger partial charge >= 0.3 is 0 Å². The summed E-state index contributed by atoms with van der Waals surface area (Å²) in [6.07, 6.45) is 1.49. The number of hydrogen-bond donors (Lipinski definition) is 0. The lowest BCUT2D eigenvalue weighted by Gasteiger charge is -2.28. The van der Waals surface area contributed by atoms with Crippen LogP contribution in [0.2, 0.25) is 0 Å². The Morgan fingerprint density at radius 2 is 2.00 bits per heavy atom. The summed E-state index contributed by atoms with van der Waals surface area (Å²) in [6, 6.07) is 9.07. The van der Waals surface area contributed by atoms with Crippen molar-refractivity contribution >= 4 is 5.91 Å². The van der Waals surface area contributed by atoms with Gasteiger partial charge < -0.3 is 9.30 Å². The van der Waals surface area contributed by atoms with E-state index >= 15 is 0 Å². The Bertz CT molecular complexity index is 782. The highest BCUT2D eigenvalue weighted by Crippen LogP contribution is 2.21. The molecule has 3 rings (SSSR count). The predicted molar refractivity (Wildman–Crippen MR) is 79.3 cm³/mol. The van der Waals surface area contributed by atoms with E-state index < -0.39 is 0 Å². The van der Waals surface area contributed by atoms with Crippen molar-refractivity contribution in [2.24, 2.45) is 7.05 Å². The fourth-order valence-electron chi connectivity index (χ4n) is 2.43. The van der Waals surface area contributed by atoms with Gasteiger partial charge in [-0.15, -0.1) is 0 Å². The first-order chi connectivity index (χ1) is 10.6. The van der Waals surface area contributed by atoms with Crippen molar-refractivity contribution in [1.82, 2.24) is 9.63 Å². The number of benzene rings is 1. The minimum Gasteiger partial charge on any atom is -0.491 e. The van der Waals surface area contributed by atoms with Crippen LogP contribution in [0, 0.1) is 0 Å². The van der Waals surface area contributed by atoms with E-state index in [4.69, 9.17) is 9.57 Å². The van der Waals surface area contributed by atoms with E-state index in [-0.39, 0.29) is 22.8 Å². The molecule has 0 unspecified atom stereocenters. The fourth-order valence-corrected chi connectivity index (χ4v) is 2.43. The summed E-state index contributed by atoms with van der Waals surface area (Å²) in [5.41, 5.74) is 2.03. The molecule has 0 aliphatic carbocycles. The first-order valence-corrected chi connectivity index (χ1v) is 6.86. The predicted octanol–water partition coefficient (Wildman–Crippen LogP) is 1.48. The van der Waals surface area contributed by atoms with Gasteiger partial charge in [0.1, 0.15) is 12.3 Å². The summed E-state index contributed by atoms with van der Waals surface area (Å²) < 4.78 is 6.52. The largest absolute Gasteiger partial charge is 0.491 e. The van der Waals surface area contributed by atoms with Crippen LogP contribution in [0.5, 0.6) is 5.75 Å². The Hall–Kier alpha value is -2.60. The molecule has 6 heteroatoms. The molecule has 0 saturated carbocycles. The highest BCUT2D eigenvalue weighted by molar-refractivity contribution is 5.92. The number of hydrogen-bond acceptors (Lipinski definition) is 4. The number of fused-ring (bicyclic) bond motifs is 1. The van der Waals surface area contributed by atoms with Gasteiger partial charge in [0.05, 0.1) is 19.9 Å². The lowest BCUT2D eigenvalue weighted by molar-refractivity contribution is -0.150. The molecule has 0 atom stereocenters. The first kappa shape index (κ1) is 14.3. The van der Waals surface area contributed by atoms with Crippen molar-refractivity contribution in [3.05, 3.63) is 63.6 Å². The van der Waals surface area contributed by atoms with Crippen molar-refractivity contribution in [3.8, 4) is 5.75 Å². The van der Waals surface area contributed by atoms with Crippen LogP contribution in [0.15, 0.2) is 41.3 Å². The average molecular weight is 300 g/mol. The fraction of sp³-hybridized carbons (Fsp3) is 0.250. The normalized spacial score (nSPS) is 13.6. The number of ether oxygens (including phenoxy) is 1. The number of nitrogens with zero attached hydrogens (tertiary/aromatic N) is 2. The van der Waals surface area contributed by atoms with Crippen LogP contribution in [-0.4, -0.2) is 22.6 Å². The molecule has 6 nitrogen and oxygen atoms in total. The third kappa shape index (κ3) is 2.48. The summed E-state index contributed by atoms with van der Waals surface area (Å²) >= 11 is 0. The molecular formula is C16H16N2O4. The van der Waals surface area contributed by atoms with Crippen LogP contribution in [0.3, 0.4) is 0 Å². The maximum Gasteiger partial charge on any atom is 0.294 e. The van der Waals surface area contributed by atoms with Gasteiger partial charge in [-0.05, 0) is 11.1 Å². The Kier molecular flexibility index (Phi) is 3.68. The number of carbonyl (C=O) groups is 1. The Labute approximate surface area is 127 Å². The standard InChI is InChI=1S/C16H16N2O4/c1-17-9-15(21-2)14(19)7-13(17)16(20)18-8-11-5-3-4-6-12(11)10-22-18/h3-7,9H,8,10H2,1-2H3. The van der Waals surface area contributed by atoms with Gasteiger partial charge in [-0.3, -0.25) is 14.4 Å². The van der Waals surface area contributed by atoms with Crippen LogP contribution >= 0.6 is 0 Å². The van der Waals surface area contributed by atoms with Crippen molar-refractivity contribution < 1.29 is 14.4 Å². The SMILES string of the molecule is COc1cn(C)c(C(=O)N2Cc3ccccc3CO2)cc1=O. The monoisotopic (exact) mass is 300 g/mol. The van der Waals surface area contributed by atoms with Crippen molar-refractivity contribution in [2.45, 2.75) is 13.2 Å². The second-order valence-electron chi connectivity index (χ2n) is 5.09. The van der Waals surface area contributed by atoms with E-state index in [1.54, 1.807) is 11.6 Å². The molecule has 0 saturated heterocycles. The van der Waals surface area contributed by atoms with Crippen LogP contribution in [-0.2, 0) is 25.0 Å². The summed E-state index contributed by atoms with van der Waals surface area (Å²) in [4.78, 5) is 30.0. The van der Waals surface area contributed by atoms with E-state index in [9.17, 15) is 9.59 Å². The molecule has 0 fully saturated rings. The summed E-state index contributed by atoms with van der Waals surface area (Å²) in [5, 5.41) is 1.28. The molecule has 1 aromatic heterocycles. The molecule has 2 heterocycles. The van der Waals surface area contributed by atoms with Gasteiger partial charge in [-0.2, -0.15) is 0 Å². The molecule has 1 amide bonds. The lowest BCUT2D eigenvalue weighted by atomic mass is 10.1. The number of carbonyl (C=O) groups excluding carboxylic acids is 1. The molecule has 0 bridgehead atoms. The lowest BCUT2D eigenvalue weighted by Crippen LogP contribution is -2.36. The summed E-state index contributed by atoms with van der Waals surface area (Å²) in [6.45, 7) is 0.696. The molecule has 0 spiro atoms. The van der Waals surface area contributed by atoms with Gasteiger partial charge in [-0.25, -0.2) is 5.06 Å². The third-order valence-corrected chi connectivity index (χ3v) is 3.68. The third-order valence-electron chi connectivity index (χ3n) is 3.68. The molecule has 1 aliphatic heterocycles. The van der Waals surface area contributed by atoms with E-state index in [1.165, 1.54) is 24.4 Å². The summed E-state index contributed by atoms with van der Waals surface area (Å²) in [5.74, 6) is -0.152. The quantitative estimate of drug-likeness (QED) is 0.843. The van der Waals surface area contributed by atoms with Crippen LogP contribution in [0.4, 0.5) is 0 Å². The zero-order valence-electron chi connectivity index (χ0n) is 12.4. The number of aromatic nitrogens is 1. The zero-order chi connectivity index (χ0) is 15.7. The molecule has 0 N–H and O–H groups in total. The second kappa shape index (κ2) is 5.65. The van der Waals surface area contributed by atoms with E-state index in [2.05, 4.69) is 0 Å². The van der Waals surface area contributed by atoms with Crippen molar-refractivity contribution in [2.75, 3.05) is 7.11 Å². The molecule has 0 radical (unpaired) electrons. The molecular weight excluding hydrogens is 284 g/mol. The number of pyridine rings is 1. The van der Waals surface area contributed by atoms with Gasteiger partial charge in [0.2, 0.25) is 5.43 Å². The topological polar surface area (TPSA) is 60.8 Å². The van der Waals surface area contributed by atoms with E-state index in [0.717, 1.165) is 11.1 Å².